The molecule has 0 saturated heterocycles. The van der Waals surface area contributed by atoms with E-state index in [-0.39, 0.29) is 0 Å². The number of thiophene rings is 1. The van der Waals surface area contributed by atoms with Crippen molar-refractivity contribution in [2.45, 2.75) is 33.4 Å². The second kappa shape index (κ2) is 9.50. The number of hydrogen-bond donors (Lipinski definition) is 1. The monoisotopic (exact) mass is 396 g/mol. The molecule has 7 heteroatoms. The van der Waals surface area contributed by atoms with Crippen molar-refractivity contribution in [2.75, 3.05) is 13.6 Å². The molecule has 2 heterocycles. The van der Waals surface area contributed by atoms with Crippen LogP contribution >= 0.6 is 11.3 Å². The Labute approximate surface area is 171 Å². The van der Waals surface area contributed by atoms with Crippen molar-refractivity contribution in [3.8, 4) is 0 Å². The first-order valence-electron chi connectivity index (χ1n) is 9.46. The Morgan fingerprint density at radius 2 is 2.00 bits per heavy atom. The van der Waals surface area contributed by atoms with Gasteiger partial charge in [0.2, 0.25) is 0 Å². The van der Waals surface area contributed by atoms with Crippen LogP contribution in [0.3, 0.4) is 0 Å². The summed E-state index contributed by atoms with van der Waals surface area (Å²) in [5.41, 5.74) is 2.59. The minimum absolute atomic E-state index is 0.497. The first kappa shape index (κ1) is 20.1. The number of nitrogens with zero attached hydrogens (tertiary/aromatic N) is 5. The average molecular weight is 397 g/mol. The molecular formula is C21H28N6S. The molecule has 0 aliphatic rings. The SMILES string of the molecule is Cc1ccccc1CN(C)C(=NCc1nnc(C)n1C)NCCc1cccs1. The van der Waals surface area contributed by atoms with Crippen LogP contribution in [0.5, 0.6) is 0 Å². The normalized spacial score (nSPS) is 11.6. The van der Waals surface area contributed by atoms with Crippen LogP contribution in [0.15, 0.2) is 46.8 Å². The third kappa shape index (κ3) is 5.19. The molecule has 6 nitrogen and oxygen atoms in total. The van der Waals surface area contributed by atoms with Crippen molar-refractivity contribution in [1.82, 2.24) is 25.0 Å². The number of aromatic nitrogens is 3. The molecule has 3 rings (SSSR count). The number of aliphatic imine (C=N–C) groups is 1. The minimum Gasteiger partial charge on any atom is -0.356 e. The standard InChI is InChI=1S/C21H28N6S/c1-16-8-5-6-9-18(16)15-26(3)21(22-12-11-19-10-7-13-28-19)23-14-20-25-24-17(2)27(20)4/h5-10,13H,11-12,14-15H2,1-4H3,(H,22,23). The van der Waals surface area contributed by atoms with Gasteiger partial charge in [-0.15, -0.1) is 21.5 Å². The van der Waals surface area contributed by atoms with Gasteiger partial charge in [0.1, 0.15) is 12.4 Å². The predicted octanol–water partition coefficient (Wildman–Crippen LogP) is 3.31. The van der Waals surface area contributed by atoms with Crippen molar-refractivity contribution in [3.05, 3.63) is 69.4 Å². The van der Waals surface area contributed by atoms with Gasteiger partial charge in [-0.3, -0.25) is 0 Å². The van der Waals surface area contributed by atoms with E-state index in [4.69, 9.17) is 4.99 Å². The molecule has 0 aliphatic carbocycles. The summed E-state index contributed by atoms with van der Waals surface area (Å²) in [5, 5.41) is 14.0. The molecule has 0 aliphatic heterocycles. The zero-order valence-corrected chi connectivity index (χ0v) is 17.8. The summed E-state index contributed by atoms with van der Waals surface area (Å²) in [7, 11) is 4.05. The highest BCUT2D eigenvalue weighted by Gasteiger charge is 2.10. The van der Waals surface area contributed by atoms with Gasteiger partial charge in [0.25, 0.3) is 0 Å². The van der Waals surface area contributed by atoms with E-state index in [2.05, 4.69) is 76.2 Å². The zero-order chi connectivity index (χ0) is 19.9. The Morgan fingerprint density at radius 3 is 2.68 bits per heavy atom. The Hall–Kier alpha value is -2.67. The van der Waals surface area contributed by atoms with E-state index in [1.54, 1.807) is 11.3 Å². The fraction of sp³-hybridized carbons (Fsp3) is 0.381. The topological polar surface area (TPSA) is 58.3 Å². The summed E-state index contributed by atoms with van der Waals surface area (Å²) in [5.74, 6) is 2.63. The van der Waals surface area contributed by atoms with Crippen LogP contribution in [0.2, 0.25) is 0 Å². The maximum atomic E-state index is 4.82. The van der Waals surface area contributed by atoms with E-state index in [1.165, 1.54) is 16.0 Å². The van der Waals surface area contributed by atoms with Crippen LogP contribution < -0.4 is 5.32 Å². The number of nitrogens with one attached hydrogen (secondary N) is 1. The first-order chi connectivity index (χ1) is 13.5. The lowest BCUT2D eigenvalue weighted by Gasteiger charge is -2.23. The predicted molar refractivity (Wildman–Crippen MR) is 116 cm³/mol. The fourth-order valence-corrected chi connectivity index (χ4v) is 3.63. The molecule has 0 unspecified atom stereocenters. The summed E-state index contributed by atoms with van der Waals surface area (Å²) in [6, 6.07) is 12.7. The van der Waals surface area contributed by atoms with Crippen molar-refractivity contribution >= 4 is 17.3 Å². The molecule has 1 N–H and O–H groups in total. The summed E-state index contributed by atoms with van der Waals surface area (Å²) in [6.45, 7) is 6.23. The molecular weight excluding hydrogens is 368 g/mol. The molecule has 28 heavy (non-hydrogen) atoms. The van der Waals surface area contributed by atoms with Gasteiger partial charge < -0.3 is 14.8 Å². The van der Waals surface area contributed by atoms with E-state index >= 15 is 0 Å². The van der Waals surface area contributed by atoms with Crippen LogP contribution in [-0.2, 0) is 26.6 Å². The van der Waals surface area contributed by atoms with Crippen LogP contribution in [0, 0.1) is 13.8 Å². The molecule has 0 fully saturated rings. The zero-order valence-electron chi connectivity index (χ0n) is 17.0. The first-order valence-corrected chi connectivity index (χ1v) is 10.3. The molecule has 0 amide bonds. The highest BCUT2D eigenvalue weighted by atomic mass is 32.1. The molecule has 0 radical (unpaired) electrons. The van der Waals surface area contributed by atoms with Gasteiger partial charge in [-0.1, -0.05) is 30.3 Å². The van der Waals surface area contributed by atoms with E-state index in [1.807, 2.05) is 18.5 Å². The van der Waals surface area contributed by atoms with E-state index in [0.29, 0.717) is 6.54 Å². The highest BCUT2D eigenvalue weighted by molar-refractivity contribution is 7.09. The lowest BCUT2D eigenvalue weighted by atomic mass is 10.1. The second-order valence-electron chi connectivity index (χ2n) is 6.90. The largest absolute Gasteiger partial charge is 0.356 e. The van der Waals surface area contributed by atoms with Crippen LogP contribution in [0.1, 0.15) is 27.7 Å². The molecule has 0 atom stereocenters. The third-order valence-corrected chi connectivity index (χ3v) is 5.75. The molecule has 0 saturated carbocycles. The van der Waals surface area contributed by atoms with Gasteiger partial charge in [0.15, 0.2) is 11.8 Å². The van der Waals surface area contributed by atoms with Gasteiger partial charge in [0.05, 0.1) is 0 Å². The van der Waals surface area contributed by atoms with Crippen LogP contribution in [-0.4, -0.2) is 39.2 Å². The van der Waals surface area contributed by atoms with Gasteiger partial charge in [-0.2, -0.15) is 0 Å². The molecule has 3 aromatic rings. The summed E-state index contributed by atoms with van der Waals surface area (Å²) in [6.07, 6.45) is 0.984. The van der Waals surface area contributed by atoms with Crippen molar-refractivity contribution in [2.24, 2.45) is 12.0 Å². The number of aryl methyl sites for hydroxylation is 2. The lowest BCUT2D eigenvalue weighted by Crippen LogP contribution is -2.39. The molecule has 0 bridgehead atoms. The molecule has 2 aromatic heterocycles. The number of rotatable bonds is 7. The van der Waals surface area contributed by atoms with E-state index < -0.39 is 0 Å². The maximum Gasteiger partial charge on any atom is 0.194 e. The Kier molecular flexibility index (Phi) is 6.81. The van der Waals surface area contributed by atoms with Crippen molar-refractivity contribution in [3.63, 3.8) is 0 Å². The quantitative estimate of drug-likeness (QED) is 0.492. The van der Waals surface area contributed by atoms with Gasteiger partial charge in [-0.05, 0) is 42.8 Å². The Bertz CT molecular complexity index is 913. The van der Waals surface area contributed by atoms with Crippen molar-refractivity contribution < 1.29 is 0 Å². The van der Waals surface area contributed by atoms with E-state index in [0.717, 1.165) is 37.1 Å². The van der Waals surface area contributed by atoms with Crippen molar-refractivity contribution in [1.29, 1.82) is 0 Å². The van der Waals surface area contributed by atoms with Gasteiger partial charge >= 0.3 is 0 Å². The maximum absolute atomic E-state index is 4.82. The fourth-order valence-electron chi connectivity index (χ4n) is 2.92. The minimum atomic E-state index is 0.497. The molecule has 148 valence electrons. The number of guanidine groups is 1. The smallest absolute Gasteiger partial charge is 0.194 e. The number of hydrogen-bond acceptors (Lipinski definition) is 4. The Morgan fingerprint density at radius 1 is 1.18 bits per heavy atom. The molecule has 1 aromatic carbocycles. The van der Waals surface area contributed by atoms with Crippen LogP contribution in [0.25, 0.3) is 0 Å². The van der Waals surface area contributed by atoms with E-state index in [9.17, 15) is 0 Å². The Balaban J connectivity index is 1.71. The number of benzene rings is 1. The third-order valence-electron chi connectivity index (χ3n) is 4.82. The summed E-state index contributed by atoms with van der Waals surface area (Å²) >= 11 is 1.79. The van der Waals surface area contributed by atoms with Crippen LogP contribution in [0.4, 0.5) is 0 Å². The average Bonchev–Trinajstić information content (AvgIpc) is 3.31. The lowest BCUT2D eigenvalue weighted by molar-refractivity contribution is 0.473. The van der Waals surface area contributed by atoms with Gasteiger partial charge in [-0.25, -0.2) is 4.99 Å². The molecule has 0 spiro atoms. The second-order valence-corrected chi connectivity index (χ2v) is 7.93. The summed E-state index contributed by atoms with van der Waals surface area (Å²) in [4.78, 5) is 8.36. The van der Waals surface area contributed by atoms with Gasteiger partial charge in [0, 0.05) is 32.1 Å². The summed E-state index contributed by atoms with van der Waals surface area (Å²) < 4.78 is 1.98. The highest BCUT2D eigenvalue weighted by Crippen LogP contribution is 2.11.